The van der Waals surface area contributed by atoms with E-state index in [1.54, 1.807) is 0 Å². The number of esters is 2. The van der Waals surface area contributed by atoms with Crippen LogP contribution in [-0.2, 0) is 25.7 Å². The number of carbonyl (C=O) groups excluding carboxylic acids is 2. The fraction of sp³-hybridized carbons (Fsp3) is 0.667. The van der Waals surface area contributed by atoms with Gasteiger partial charge in [-0.3, -0.25) is 14.5 Å². The van der Waals surface area contributed by atoms with Crippen LogP contribution in [0.15, 0.2) is 30.3 Å². The van der Waals surface area contributed by atoms with E-state index in [1.165, 1.54) is 0 Å². The monoisotopic (exact) mass is 448 g/mol. The van der Waals surface area contributed by atoms with E-state index in [1.807, 2.05) is 51.1 Å². The van der Waals surface area contributed by atoms with Gasteiger partial charge in [-0.25, -0.2) is 0 Å². The summed E-state index contributed by atoms with van der Waals surface area (Å²) in [5.74, 6) is -0.596. The lowest BCUT2D eigenvalue weighted by molar-refractivity contribution is -0.156. The van der Waals surface area contributed by atoms with Crippen LogP contribution in [0.5, 0.6) is 0 Å². The minimum absolute atomic E-state index is 0.170. The summed E-state index contributed by atoms with van der Waals surface area (Å²) >= 11 is 0. The number of nitrogens with zero attached hydrogens (tertiary/aromatic N) is 1. The van der Waals surface area contributed by atoms with E-state index in [4.69, 9.17) is 9.47 Å². The molecule has 8 nitrogen and oxygen atoms in total. The normalized spacial score (nSPS) is 18.1. The van der Waals surface area contributed by atoms with Gasteiger partial charge in [0.05, 0.1) is 0 Å². The van der Waals surface area contributed by atoms with Crippen LogP contribution in [0.1, 0.15) is 39.2 Å². The average molecular weight is 449 g/mol. The standard InChI is InChI=1S/C24H40N4O4/c1-24(2,3)32-22(29)10-9-21(23(30)31-19-20-7-5-4-6-8-20)28-17-15-26-13-11-25-12-14-27-16-18-28/h4-8,21,25-27H,9-19H2,1-3H3. The van der Waals surface area contributed by atoms with E-state index in [0.717, 1.165) is 44.8 Å². The number of ether oxygens (including phenoxy) is 2. The Bertz CT molecular complexity index is 666. The third-order valence-electron chi connectivity index (χ3n) is 5.09. The van der Waals surface area contributed by atoms with Crippen molar-refractivity contribution in [1.29, 1.82) is 0 Å². The summed E-state index contributed by atoms with van der Waals surface area (Å²) in [4.78, 5) is 27.6. The zero-order chi connectivity index (χ0) is 23.2. The van der Waals surface area contributed by atoms with Crippen LogP contribution < -0.4 is 16.0 Å². The van der Waals surface area contributed by atoms with E-state index in [9.17, 15) is 9.59 Å². The summed E-state index contributed by atoms with van der Waals surface area (Å²) in [6, 6.07) is 9.14. The largest absolute Gasteiger partial charge is 0.460 e. The molecule has 0 amide bonds. The third kappa shape index (κ3) is 11.0. The van der Waals surface area contributed by atoms with Gasteiger partial charge in [-0.05, 0) is 32.8 Å². The van der Waals surface area contributed by atoms with Gasteiger partial charge in [0.15, 0.2) is 0 Å². The van der Waals surface area contributed by atoms with Crippen molar-refractivity contribution in [3.63, 3.8) is 0 Å². The molecule has 1 aliphatic heterocycles. The highest BCUT2D eigenvalue weighted by molar-refractivity contribution is 5.77. The molecule has 180 valence electrons. The molecule has 32 heavy (non-hydrogen) atoms. The Morgan fingerprint density at radius 2 is 1.50 bits per heavy atom. The van der Waals surface area contributed by atoms with Gasteiger partial charge in [-0.2, -0.15) is 0 Å². The van der Waals surface area contributed by atoms with Gasteiger partial charge < -0.3 is 25.4 Å². The van der Waals surface area contributed by atoms with Crippen molar-refractivity contribution in [1.82, 2.24) is 20.9 Å². The van der Waals surface area contributed by atoms with Crippen LogP contribution in [0.25, 0.3) is 0 Å². The van der Waals surface area contributed by atoms with Crippen LogP contribution in [0.2, 0.25) is 0 Å². The van der Waals surface area contributed by atoms with E-state index >= 15 is 0 Å². The molecule has 0 saturated carbocycles. The topological polar surface area (TPSA) is 91.9 Å². The van der Waals surface area contributed by atoms with Gasteiger partial charge in [0.2, 0.25) is 0 Å². The fourth-order valence-corrected chi connectivity index (χ4v) is 3.52. The van der Waals surface area contributed by atoms with E-state index in [2.05, 4.69) is 20.9 Å². The number of carbonyl (C=O) groups is 2. The zero-order valence-corrected chi connectivity index (χ0v) is 19.8. The Labute approximate surface area is 192 Å². The average Bonchev–Trinajstić information content (AvgIpc) is 2.73. The Morgan fingerprint density at radius 1 is 0.938 bits per heavy atom. The maximum atomic E-state index is 13.1. The summed E-state index contributed by atoms with van der Waals surface area (Å²) in [7, 11) is 0. The summed E-state index contributed by atoms with van der Waals surface area (Å²) in [5, 5.41) is 10.2. The smallest absolute Gasteiger partial charge is 0.323 e. The van der Waals surface area contributed by atoms with Gasteiger partial charge in [-0.1, -0.05) is 30.3 Å². The minimum atomic E-state index is -0.546. The molecule has 1 fully saturated rings. The molecular weight excluding hydrogens is 408 g/mol. The Balaban J connectivity index is 2.04. The summed E-state index contributed by atoms with van der Waals surface area (Å²) in [6.07, 6.45) is 0.535. The first kappa shape index (κ1) is 26.3. The fourth-order valence-electron chi connectivity index (χ4n) is 3.52. The van der Waals surface area contributed by atoms with Crippen molar-refractivity contribution in [2.75, 3.05) is 52.4 Å². The van der Waals surface area contributed by atoms with Crippen molar-refractivity contribution in [2.24, 2.45) is 0 Å². The molecule has 0 bridgehead atoms. The first-order valence-corrected chi connectivity index (χ1v) is 11.6. The zero-order valence-electron chi connectivity index (χ0n) is 19.8. The SMILES string of the molecule is CC(C)(C)OC(=O)CCC(C(=O)OCc1ccccc1)N1CCNCCNCCNCC1. The van der Waals surface area contributed by atoms with Crippen LogP contribution >= 0.6 is 0 Å². The lowest BCUT2D eigenvalue weighted by atomic mass is 10.1. The molecule has 3 N–H and O–H groups in total. The first-order valence-electron chi connectivity index (χ1n) is 11.6. The molecule has 1 aromatic carbocycles. The Kier molecular flexibility index (Phi) is 11.7. The molecular formula is C24H40N4O4. The number of nitrogens with one attached hydrogen (secondary N) is 3. The van der Waals surface area contributed by atoms with Crippen LogP contribution in [0.4, 0.5) is 0 Å². The number of hydrogen-bond acceptors (Lipinski definition) is 8. The van der Waals surface area contributed by atoms with Crippen molar-refractivity contribution in [3.8, 4) is 0 Å². The van der Waals surface area contributed by atoms with E-state index in [0.29, 0.717) is 19.5 Å². The lowest BCUT2D eigenvalue weighted by Crippen LogP contribution is -2.49. The lowest BCUT2D eigenvalue weighted by Gasteiger charge is -2.31. The molecule has 0 radical (unpaired) electrons. The summed E-state index contributed by atoms with van der Waals surface area (Å²) < 4.78 is 11.1. The van der Waals surface area contributed by atoms with E-state index < -0.39 is 11.6 Å². The second kappa shape index (κ2) is 14.2. The maximum absolute atomic E-state index is 13.1. The predicted octanol–water partition coefficient (Wildman–Crippen LogP) is 1.30. The molecule has 2 rings (SSSR count). The van der Waals surface area contributed by atoms with Crippen molar-refractivity contribution in [3.05, 3.63) is 35.9 Å². The molecule has 1 aromatic rings. The van der Waals surface area contributed by atoms with Crippen molar-refractivity contribution in [2.45, 2.75) is 51.9 Å². The highest BCUT2D eigenvalue weighted by Gasteiger charge is 2.29. The molecule has 0 spiro atoms. The van der Waals surface area contributed by atoms with Crippen LogP contribution in [-0.4, -0.2) is 80.8 Å². The van der Waals surface area contributed by atoms with Crippen molar-refractivity contribution >= 4 is 11.9 Å². The second-order valence-corrected chi connectivity index (χ2v) is 9.02. The number of benzene rings is 1. The molecule has 1 unspecified atom stereocenters. The molecule has 1 aliphatic rings. The molecule has 0 aromatic heterocycles. The van der Waals surface area contributed by atoms with Gasteiger partial charge in [0, 0.05) is 58.8 Å². The highest BCUT2D eigenvalue weighted by Crippen LogP contribution is 2.15. The van der Waals surface area contributed by atoms with Crippen molar-refractivity contribution < 1.29 is 19.1 Å². The number of rotatable bonds is 7. The quantitative estimate of drug-likeness (QED) is 0.538. The van der Waals surface area contributed by atoms with Gasteiger partial charge in [0.25, 0.3) is 0 Å². The van der Waals surface area contributed by atoms with Gasteiger partial charge >= 0.3 is 11.9 Å². The van der Waals surface area contributed by atoms with E-state index in [-0.39, 0.29) is 25.0 Å². The number of hydrogen-bond donors (Lipinski definition) is 3. The Morgan fingerprint density at radius 3 is 2.06 bits per heavy atom. The van der Waals surface area contributed by atoms with Gasteiger partial charge in [-0.15, -0.1) is 0 Å². The first-order chi connectivity index (χ1) is 15.3. The van der Waals surface area contributed by atoms with Gasteiger partial charge in [0.1, 0.15) is 18.2 Å². The highest BCUT2D eigenvalue weighted by atomic mass is 16.6. The predicted molar refractivity (Wildman–Crippen MR) is 125 cm³/mol. The van der Waals surface area contributed by atoms with Crippen LogP contribution in [0.3, 0.4) is 0 Å². The Hall–Kier alpha value is -2.00. The molecule has 0 aliphatic carbocycles. The molecule has 1 heterocycles. The summed E-state index contributed by atoms with van der Waals surface area (Å²) in [5.41, 5.74) is 0.395. The molecule has 8 heteroatoms. The van der Waals surface area contributed by atoms with Crippen LogP contribution in [0, 0.1) is 0 Å². The molecule has 1 atom stereocenters. The molecule has 1 saturated heterocycles. The third-order valence-corrected chi connectivity index (χ3v) is 5.09. The second-order valence-electron chi connectivity index (χ2n) is 9.02. The minimum Gasteiger partial charge on any atom is -0.460 e. The maximum Gasteiger partial charge on any atom is 0.323 e. The summed E-state index contributed by atoms with van der Waals surface area (Å²) in [6.45, 7) is 12.2.